The van der Waals surface area contributed by atoms with Gasteiger partial charge in [0.15, 0.2) is 0 Å². The Kier molecular flexibility index (Phi) is 4.61. The molecule has 1 amide bonds. The summed E-state index contributed by atoms with van der Waals surface area (Å²) in [5.41, 5.74) is 13.2. The molecule has 134 valence electrons. The van der Waals surface area contributed by atoms with Gasteiger partial charge < -0.3 is 16.5 Å². The Balaban J connectivity index is 2.49. The third-order valence-corrected chi connectivity index (χ3v) is 5.35. The number of aromatic amines is 1. The molecule has 1 aromatic heterocycles. The van der Waals surface area contributed by atoms with E-state index in [1.807, 2.05) is 6.07 Å². The first-order valence-electron chi connectivity index (χ1n) is 7.39. The van der Waals surface area contributed by atoms with Crippen LogP contribution in [0.3, 0.4) is 0 Å². The molecule has 3 rings (SSSR count). The SMILES string of the molecule is NC(=O)c1c(N)c(-c2ccccc2)cc(-c2c[nH]c(Br)c2)c1S(N)(=O)=O. The van der Waals surface area contributed by atoms with E-state index in [0.717, 1.165) is 0 Å². The second kappa shape index (κ2) is 6.60. The van der Waals surface area contributed by atoms with Crippen LogP contribution < -0.4 is 16.6 Å². The van der Waals surface area contributed by atoms with Crippen LogP contribution in [0.4, 0.5) is 5.69 Å². The summed E-state index contributed by atoms with van der Waals surface area (Å²) >= 11 is 3.28. The van der Waals surface area contributed by atoms with Crippen LogP contribution in [-0.2, 0) is 10.0 Å². The van der Waals surface area contributed by atoms with Gasteiger partial charge in [-0.3, -0.25) is 4.79 Å². The van der Waals surface area contributed by atoms with E-state index in [1.54, 1.807) is 42.6 Å². The molecular weight excluding hydrogens is 420 g/mol. The zero-order valence-electron chi connectivity index (χ0n) is 13.4. The highest BCUT2D eigenvalue weighted by atomic mass is 79.9. The third-order valence-electron chi connectivity index (χ3n) is 3.89. The van der Waals surface area contributed by atoms with E-state index >= 15 is 0 Å². The number of sulfonamides is 1. The van der Waals surface area contributed by atoms with E-state index in [4.69, 9.17) is 16.6 Å². The second-order valence-electron chi connectivity index (χ2n) is 5.60. The van der Waals surface area contributed by atoms with Gasteiger partial charge in [-0.2, -0.15) is 0 Å². The molecule has 0 saturated heterocycles. The van der Waals surface area contributed by atoms with E-state index < -0.39 is 20.8 Å². The fourth-order valence-corrected chi connectivity index (χ4v) is 4.15. The first-order valence-corrected chi connectivity index (χ1v) is 9.73. The average molecular weight is 435 g/mol. The van der Waals surface area contributed by atoms with Crippen molar-refractivity contribution in [2.24, 2.45) is 10.9 Å². The maximum Gasteiger partial charge on any atom is 0.252 e. The normalized spacial score (nSPS) is 11.5. The molecule has 0 aliphatic heterocycles. The first kappa shape index (κ1) is 18.2. The predicted molar refractivity (Wildman–Crippen MR) is 104 cm³/mol. The first-order chi connectivity index (χ1) is 12.2. The lowest BCUT2D eigenvalue weighted by Crippen LogP contribution is -2.23. The standard InChI is InChI=1S/C17H15BrN4O3S/c18-13-6-10(8-22-13)12-7-11(9-4-2-1-3-5-9)15(19)14(17(20)23)16(12)26(21,24)25/h1-8,22H,19H2,(H2,20,23)(H2,21,24,25). The molecule has 0 fully saturated rings. The zero-order valence-corrected chi connectivity index (χ0v) is 15.8. The van der Waals surface area contributed by atoms with E-state index in [2.05, 4.69) is 20.9 Å². The minimum atomic E-state index is -4.28. The van der Waals surface area contributed by atoms with Gasteiger partial charge in [0.25, 0.3) is 5.91 Å². The number of hydrogen-bond acceptors (Lipinski definition) is 4. The Labute approximate surface area is 158 Å². The van der Waals surface area contributed by atoms with Crippen molar-refractivity contribution >= 4 is 37.5 Å². The third kappa shape index (κ3) is 3.24. The monoisotopic (exact) mass is 434 g/mol. The van der Waals surface area contributed by atoms with Crippen LogP contribution in [0.5, 0.6) is 0 Å². The van der Waals surface area contributed by atoms with Crippen LogP contribution in [0.25, 0.3) is 22.3 Å². The molecule has 1 heterocycles. The number of carbonyl (C=O) groups is 1. The highest BCUT2D eigenvalue weighted by molar-refractivity contribution is 9.10. The lowest BCUT2D eigenvalue weighted by atomic mass is 9.94. The number of anilines is 1. The quantitative estimate of drug-likeness (QED) is 0.467. The van der Waals surface area contributed by atoms with Crippen molar-refractivity contribution in [1.82, 2.24) is 4.98 Å². The van der Waals surface area contributed by atoms with Gasteiger partial charge in [-0.05, 0) is 33.6 Å². The molecule has 0 atom stereocenters. The Morgan fingerprint density at radius 1 is 1.04 bits per heavy atom. The molecule has 0 bridgehead atoms. The Hall–Kier alpha value is -2.62. The minimum absolute atomic E-state index is 0.0360. The highest BCUT2D eigenvalue weighted by Gasteiger charge is 2.28. The van der Waals surface area contributed by atoms with Gasteiger partial charge in [0.1, 0.15) is 4.90 Å². The number of halogens is 1. The zero-order chi connectivity index (χ0) is 19.1. The largest absolute Gasteiger partial charge is 0.398 e. The summed E-state index contributed by atoms with van der Waals surface area (Å²) in [4.78, 5) is 14.6. The van der Waals surface area contributed by atoms with Crippen LogP contribution in [0.15, 0.2) is 58.2 Å². The summed E-state index contributed by atoms with van der Waals surface area (Å²) < 4.78 is 25.1. The van der Waals surface area contributed by atoms with Crippen molar-refractivity contribution in [3.63, 3.8) is 0 Å². The number of primary sulfonamides is 1. The molecule has 26 heavy (non-hydrogen) atoms. The highest BCUT2D eigenvalue weighted by Crippen LogP contribution is 2.40. The Morgan fingerprint density at radius 3 is 2.19 bits per heavy atom. The van der Waals surface area contributed by atoms with Gasteiger partial charge in [0.05, 0.1) is 15.9 Å². The van der Waals surface area contributed by atoms with Crippen molar-refractivity contribution in [2.45, 2.75) is 4.90 Å². The molecule has 0 saturated carbocycles. The van der Waals surface area contributed by atoms with E-state index in [-0.39, 0.29) is 16.8 Å². The fourth-order valence-electron chi connectivity index (χ4n) is 2.81. The number of carbonyl (C=O) groups excluding carboxylic acids is 1. The number of hydrogen-bond donors (Lipinski definition) is 4. The molecule has 0 radical (unpaired) electrons. The maximum absolute atomic E-state index is 12.3. The van der Waals surface area contributed by atoms with Gasteiger partial charge in [0, 0.05) is 22.9 Å². The molecule has 7 nitrogen and oxygen atoms in total. The lowest BCUT2D eigenvalue weighted by Gasteiger charge is -2.17. The van der Waals surface area contributed by atoms with E-state index in [0.29, 0.717) is 21.3 Å². The molecule has 2 aromatic carbocycles. The van der Waals surface area contributed by atoms with Gasteiger partial charge in [-0.25, -0.2) is 13.6 Å². The van der Waals surface area contributed by atoms with Crippen LogP contribution in [0.1, 0.15) is 10.4 Å². The van der Waals surface area contributed by atoms with E-state index in [9.17, 15) is 13.2 Å². The lowest BCUT2D eigenvalue weighted by molar-refractivity contribution is 0.0998. The summed E-state index contributed by atoms with van der Waals surface area (Å²) in [7, 11) is -4.28. The van der Waals surface area contributed by atoms with Crippen LogP contribution in [0.2, 0.25) is 0 Å². The van der Waals surface area contributed by atoms with Crippen LogP contribution >= 0.6 is 15.9 Å². The minimum Gasteiger partial charge on any atom is -0.398 e. The average Bonchev–Trinajstić information content (AvgIpc) is 3.00. The molecule has 0 spiro atoms. The summed E-state index contributed by atoms with van der Waals surface area (Å²) in [6.45, 7) is 0. The van der Waals surface area contributed by atoms with Crippen molar-refractivity contribution in [3.8, 4) is 22.3 Å². The molecule has 0 aliphatic rings. The summed E-state index contributed by atoms with van der Waals surface area (Å²) in [5.74, 6) is -0.972. The number of benzene rings is 2. The number of nitrogens with one attached hydrogen (secondary N) is 1. The van der Waals surface area contributed by atoms with Gasteiger partial charge in [-0.15, -0.1) is 0 Å². The smallest absolute Gasteiger partial charge is 0.252 e. The number of nitrogen functional groups attached to an aromatic ring is 1. The number of aromatic nitrogens is 1. The molecule has 7 N–H and O–H groups in total. The Bertz CT molecular complexity index is 1110. The summed E-state index contributed by atoms with van der Waals surface area (Å²) in [5, 5.41) is 5.38. The number of rotatable bonds is 4. The predicted octanol–water partition coefficient (Wildman–Crippen LogP) is 2.44. The van der Waals surface area contributed by atoms with Gasteiger partial charge in [-0.1, -0.05) is 30.3 Å². The van der Waals surface area contributed by atoms with Crippen molar-refractivity contribution < 1.29 is 13.2 Å². The van der Waals surface area contributed by atoms with Crippen LogP contribution in [-0.4, -0.2) is 19.3 Å². The maximum atomic E-state index is 12.3. The Morgan fingerprint density at radius 2 is 1.69 bits per heavy atom. The van der Waals surface area contributed by atoms with Crippen molar-refractivity contribution in [3.05, 3.63) is 58.8 Å². The number of H-pyrrole nitrogens is 1. The molecular formula is C17H15BrN4O3S. The summed E-state index contributed by atoms with van der Waals surface area (Å²) in [6.07, 6.45) is 1.59. The van der Waals surface area contributed by atoms with Crippen molar-refractivity contribution in [1.29, 1.82) is 0 Å². The topological polar surface area (TPSA) is 145 Å². The second-order valence-corrected chi connectivity index (χ2v) is 7.95. The van der Waals surface area contributed by atoms with Crippen LogP contribution in [0, 0.1) is 0 Å². The fraction of sp³-hybridized carbons (Fsp3) is 0. The van der Waals surface area contributed by atoms with Crippen molar-refractivity contribution in [2.75, 3.05) is 5.73 Å². The number of primary amides is 1. The van der Waals surface area contributed by atoms with Gasteiger partial charge in [0.2, 0.25) is 10.0 Å². The molecule has 9 heteroatoms. The molecule has 3 aromatic rings. The molecule has 0 aliphatic carbocycles. The summed E-state index contributed by atoms with van der Waals surface area (Å²) in [6, 6.07) is 12.3. The van der Waals surface area contributed by atoms with E-state index in [1.165, 1.54) is 0 Å². The number of amides is 1. The molecule has 0 unspecified atom stereocenters. The number of nitrogens with two attached hydrogens (primary N) is 3. The van der Waals surface area contributed by atoms with Gasteiger partial charge >= 0.3 is 0 Å².